The second-order valence-electron chi connectivity index (χ2n) is 6.32. The molecule has 0 fully saturated rings. The van der Waals surface area contributed by atoms with Crippen LogP contribution >= 0.6 is 0 Å². The fourth-order valence-corrected chi connectivity index (χ4v) is 3.12. The Morgan fingerprint density at radius 3 is 2.88 bits per heavy atom. The van der Waals surface area contributed by atoms with Gasteiger partial charge in [0.05, 0.1) is 13.2 Å². The highest BCUT2D eigenvalue weighted by Gasteiger charge is 2.18. The molecule has 5 nitrogen and oxygen atoms in total. The van der Waals surface area contributed by atoms with Gasteiger partial charge in [-0.05, 0) is 30.5 Å². The Bertz CT molecular complexity index is 845. The van der Waals surface area contributed by atoms with Gasteiger partial charge in [-0.1, -0.05) is 47.6 Å². The third kappa shape index (κ3) is 3.56. The highest BCUT2D eigenvalue weighted by atomic mass is 16.5. The standard InChI is InChI=1S/C20H21N3O2/c1-14(21-18-9-5-8-16-10-11-24-13-17(16)18)20-22-19(23-25-20)12-15-6-3-2-4-7-15/h2-9,14,21H,10-13H2,1H3. The smallest absolute Gasteiger partial charge is 0.248 e. The molecule has 3 aromatic rings. The van der Waals surface area contributed by atoms with Crippen LogP contribution in [0.4, 0.5) is 5.69 Å². The lowest BCUT2D eigenvalue weighted by Crippen LogP contribution is -2.15. The molecule has 1 N–H and O–H groups in total. The summed E-state index contributed by atoms with van der Waals surface area (Å²) in [5.74, 6) is 1.30. The number of benzene rings is 2. The lowest BCUT2D eigenvalue weighted by molar-refractivity contribution is 0.111. The van der Waals surface area contributed by atoms with Crippen LogP contribution in [0.15, 0.2) is 53.1 Å². The third-order valence-corrected chi connectivity index (χ3v) is 4.47. The molecule has 1 aliphatic heterocycles. The molecule has 1 unspecified atom stereocenters. The minimum Gasteiger partial charge on any atom is -0.376 e. The summed E-state index contributed by atoms with van der Waals surface area (Å²) in [7, 11) is 0. The van der Waals surface area contributed by atoms with Crippen LogP contribution in [0.25, 0.3) is 0 Å². The molecule has 4 rings (SSSR count). The first kappa shape index (κ1) is 15.8. The Balaban J connectivity index is 1.48. The van der Waals surface area contributed by atoms with Gasteiger partial charge in [0, 0.05) is 17.7 Å². The molecule has 0 saturated carbocycles. The van der Waals surface area contributed by atoms with E-state index in [4.69, 9.17) is 9.26 Å². The molecular weight excluding hydrogens is 314 g/mol. The highest BCUT2D eigenvalue weighted by Crippen LogP contribution is 2.28. The fourth-order valence-electron chi connectivity index (χ4n) is 3.12. The van der Waals surface area contributed by atoms with E-state index in [2.05, 4.69) is 45.8 Å². The lowest BCUT2D eigenvalue weighted by Gasteiger charge is -2.22. The van der Waals surface area contributed by atoms with Crippen molar-refractivity contribution in [2.45, 2.75) is 32.4 Å². The van der Waals surface area contributed by atoms with Gasteiger partial charge in [-0.3, -0.25) is 0 Å². The van der Waals surface area contributed by atoms with Gasteiger partial charge in [0.1, 0.15) is 6.04 Å². The normalized spacial score (nSPS) is 14.8. The van der Waals surface area contributed by atoms with E-state index in [1.807, 2.05) is 25.1 Å². The van der Waals surface area contributed by atoms with Gasteiger partial charge in [0.15, 0.2) is 5.82 Å². The summed E-state index contributed by atoms with van der Waals surface area (Å²) in [5, 5.41) is 7.60. The van der Waals surface area contributed by atoms with Crippen LogP contribution in [0.3, 0.4) is 0 Å². The first-order chi connectivity index (χ1) is 12.3. The Kier molecular flexibility index (Phi) is 4.48. The first-order valence-electron chi connectivity index (χ1n) is 8.61. The van der Waals surface area contributed by atoms with Crippen molar-refractivity contribution in [3.05, 3.63) is 76.9 Å². The van der Waals surface area contributed by atoms with E-state index in [0.717, 1.165) is 18.7 Å². The summed E-state index contributed by atoms with van der Waals surface area (Å²) in [6.45, 7) is 3.47. The number of fused-ring (bicyclic) bond motifs is 1. The molecule has 0 aliphatic carbocycles. The molecule has 128 valence electrons. The molecule has 0 spiro atoms. The first-order valence-corrected chi connectivity index (χ1v) is 8.61. The van der Waals surface area contributed by atoms with E-state index in [0.29, 0.717) is 24.7 Å². The van der Waals surface area contributed by atoms with Crippen LogP contribution in [-0.2, 0) is 24.2 Å². The van der Waals surface area contributed by atoms with E-state index >= 15 is 0 Å². The maximum absolute atomic E-state index is 5.60. The number of nitrogens with one attached hydrogen (secondary N) is 1. The van der Waals surface area contributed by atoms with Crippen molar-refractivity contribution < 1.29 is 9.26 Å². The van der Waals surface area contributed by atoms with Crippen LogP contribution in [-0.4, -0.2) is 16.7 Å². The minimum absolute atomic E-state index is 0.0644. The van der Waals surface area contributed by atoms with Crippen LogP contribution in [0.1, 0.15) is 41.4 Å². The van der Waals surface area contributed by atoms with Gasteiger partial charge in [-0.15, -0.1) is 0 Å². The molecule has 0 amide bonds. The van der Waals surface area contributed by atoms with E-state index in [-0.39, 0.29) is 6.04 Å². The van der Waals surface area contributed by atoms with Crippen molar-refractivity contribution >= 4 is 5.69 Å². The summed E-state index contributed by atoms with van der Waals surface area (Å²) in [4.78, 5) is 4.54. The lowest BCUT2D eigenvalue weighted by atomic mass is 10.0. The van der Waals surface area contributed by atoms with Crippen LogP contribution in [0.2, 0.25) is 0 Å². The van der Waals surface area contributed by atoms with Crippen molar-refractivity contribution in [2.75, 3.05) is 11.9 Å². The van der Waals surface area contributed by atoms with Crippen molar-refractivity contribution in [1.82, 2.24) is 10.1 Å². The monoisotopic (exact) mass is 335 g/mol. The van der Waals surface area contributed by atoms with E-state index < -0.39 is 0 Å². The zero-order valence-corrected chi connectivity index (χ0v) is 14.2. The highest BCUT2D eigenvalue weighted by molar-refractivity contribution is 5.55. The summed E-state index contributed by atoms with van der Waals surface area (Å²) < 4.78 is 11.1. The molecule has 0 saturated heterocycles. The number of hydrogen-bond acceptors (Lipinski definition) is 5. The number of anilines is 1. The van der Waals surface area contributed by atoms with Crippen molar-refractivity contribution in [3.63, 3.8) is 0 Å². The molecule has 2 heterocycles. The van der Waals surface area contributed by atoms with Crippen molar-refractivity contribution in [3.8, 4) is 0 Å². The molecule has 2 aromatic carbocycles. The fraction of sp³-hybridized carbons (Fsp3) is 0.300. The SMILES string of the molecule is CC(Nc1cccc2c1COCC2)c1nc(Cc2ccccc2)no1. The van der Waals surface area contributed by atoms with Crippen LogP contribution in [0, 0.1) is 0 Å². The van der Waals surface area contributed by atoms with Gasteiger partial charge >= 0.3 is 0 Å². The maximum Gasteiger partial charge on any atom is 0.248 e. The molecular formula is C20H21N3O2. The zero-order chi connectivity index (χ0) is 17.1. The second-order valence-corrected chi connectivity index (χ2v) is 6.32. The number of aromatic nitrogens is 2. The molecule has 5 heteroatoms. The molecule has 0 radical (unpaired) electrons. The quantitative estimate of drug-likeness (QED) is 0.766. The summed E-state index contributed by atoms with van der Waals surface area (Å²) >= 11 is 0. The molecule has 0 bridgehead atoms. The average molecular weight is 335 g/mol. The van der Waals surface area contributed by atoms with Gasteiger partial charge in [-0.25, -0.2) is 0 Å². The Morgan fingerprint density at radius 1 is 1.12 bits per heavy atom. The Morgan fingerprint density at radius 2 is 2.00 bits per heavy atom. The van der Waals surface area contributed by atoms with Crippen LogP contribution in [0.5, 0.6) is 0 Å². The number of nitrogens with zero attached hydrogens (tertiary/aromatic N) is 2. The predicted molar refractivity (Wildman–Crippen MR) is 95.4 cm³/mol. The van der Waals surface area contributed by atoms with E-state index in [9.17, 15) is 0 Å². The maximum atomic E-state index is 5.60. The van der Waals surface area contributed by atoms with E-state index in [1.165, 1.54) is 16.7 Å². The summed E-state index contributed by atoms with van der Waals surface area (Å²) in [6, 6.07) is 16.4. The van der Waals surface area contributed by atoms with Crippen molar-refractivity contribution in [2.24, 2.45) is 0 Å². The average Bonchev–Trinajstić information content (AvgIpc) is 3.11. The Labute approximate surface area is 147 Å². The zero-order valence-electron chi connectivity index (χ0n) is 14.2. The largest absolute Gasteiger partial charge is 0.376 e. The molecule has 25 heavy (non-hydrogen) atoms. The molecule has 1 aromatic heterocycles. The predicted octanol–water partition coefficient (Wildman–Crippen LogP) is 3.91. The minimum atomic E-state index is -0.0644. The number of ether oxygens (including phenoxy) is 1. The van der Waals surface area contributed by atoms with Gasteiger partial charge in [-0.2, -0.15) is 4.98 Å². The van der Waals surface area contributed by atoms with Gasteiger partial charge in [0.25, 0.3) is 0 Å². The Hall–Kier alpha value is -2.66. The van der Waals surface area contributed by atoms with Gasteiger partial charge < -0.3 is 14.6 Å². The third-order valence-electron chi connectivity index (χ3n) is 4.47. The van der Waals surface area contributed by atoms with E-state index in [1.54, 1.807) is 0 Å². The number of rotatable bonds is 5. The summed E-state index contributed by atoms with van der Waals surface area (Å²) in [5.41, 5.74) is 4.82. The molecule has 1 atom stereocenters. The molecule has 1 aliphatic rings. The second kappa shape index (κ2) is 7.07. The van der Waals surface area contributed by atoms with Crippen LogP contribution < -0.4 is 5.32 Å². The topological polar surface area (TPSA) is 60.2 Å². The van der Waals surface area contributed by atoms with Crippen molar-refractivity contribution in [1.29, 1.82) is 0 Å². The number of hydrogen-bond donors (Lipinski definition) is 1. The summed E-state index contributed by atoms with van der Waals surface area (Å²) in [6.07, 6.45) is 1.63. The van der Waals surface area contributed by atoms with Gasteiger partial charge in [0.2, 0.25) is 5.89 Å².